The summed E-state index contributed by atoms with van der Waals surface area (Å²) in [5, 5.41) is 0.587. The van der Waals surface area contributed by atoms with Gasteiger partial charge in [-0.05, 0) is 39.3 Å². The van der Waals surface area contributed by atoms with Gasteiger partial charge < -0.3 is 9.80 Å². The summed E-state index contributed by atoms with van der Waals surface area (Å²) in [5.74, 6) is 2.51. The Balaban J connectivity index is 1.89. The lowest BCUT2D eigenvalue weighted by atomic mass is 10.2. The molecule has 2 fully saturated rings. The highest BCUT2D eigenvalue weighted by Gasteiger charge is 2.29. The van der Waals surface area contributed by atoms with E-state index >= 15 is 0 Å². The second-order valence-electron chi connectivity index (χ2n) is 6.05. The summed E-state index contributed by atoms with van der Waals surface area (Å²) in [4.78, 5) is 14.0. The van der Waals surface area contributed by atoms with E-state index in [1.807, 2.05) is 6.07 Å². The molecule has 1 atom stereocenters. The molecule has 0 amide bonds. The molecule has 1 saturated heterocycles. The van der Waals surface area contributed by atoms with Gasteiger partial charge in [0.25, 0.3) is 0 Å². The lowest BCUT2D eigenvalue weighted by Crippen LogP contribution is -2.40. The topological polar surface area (TPSA) is 32.3 Å². The van der Waals surface area contributed by atoms with Gasteiger partial charge in [-0.25, -0.2) is 9.97 Å². The first kappa shape index (κ1) is 14.1. The molecule has 0 aromatic carbocycles. The van der Waals surface area contributed by atoms with Gasteiger partial charge in [-0.2, -0.15) is 0 Å². The van der Waals surface area contributed by atoms with Crippen LogP contribution in [-0.2, 0) is 0 Å². The highest BCUT2D eigenvalue weighted by Crippen LogP contribution is 2.39. The molecule has 3 rings (SSSR count). The Morgan fingerprint density at radius 3 is 2.80 bits per heavy atom. The minimum absolute atomic E-state index is 0.514. The average Bonchev–Trinajstić information content (AvgIpc) is 3.24. The third kappa shape index (κ3) is 3.07. The number of likely N-dealkylation sites (N-methyl/N-ethyl adjacent to an activating group) is 1. The van der Waals surface area contributed by atoms with Gasteiger partial charge in [0, 0.05) is 31.1 Å². The highest BCUT2D eigenvalue weighted by molar-refractivity contribution is 6.29. The first-order valence-corrected chi connectivity index (χ1v) is 8.05. The second-order valence-corrected chi connectivity index (χ2v) is 6.44. The van der Waals surface area contributed by atoms with Gasteiger partial charge in [-0.3, -0.25) is 0 Å². The Labute approximate surface area is 126 Å². The maximum Gasteiger partial charge on any atom is 0.135 e. The molecular weight excluding hydrogens is 272 g/mol. The van der Waals surface area contributed by atoms with Crippen molar-refractivity contribution in [1.82, 2.24) is 14.9 Å². The fraction of sp³-hybridized carbons (Fsp3) is 0.733. The predicted molar refractivity (Wildman–Crippen MR) is 82.6 cm³/mol. The molecule has 0 radical (unpaired) electrons. The standard InChI is InChI=1S/C15H23ClN4/c1-3-12-10-19(2)7-4-8-20(12)14-9-13(16)17-15(18-14)11-5-6-11/h9,11-12H,3-8,10H2,1-2H3. The van der Waals surface area contributed by atoms with Crippen molar-refractivity contribution >= 4 is 17.4 Å². The minimum atomic E-state index is 0.514. The molecule has 110 valence electrons. The van der Waals surface area contributed by atoms with Crippen LogP contribution in [-0.4, -0.2) is 47.6 Å². The molecule has 1 unspecified atom stereocenters. The van der Waals surface area contributed by atoms with Gasteiger partial charge in [-0.1, -0.05) is 18.5 Å². The van der Waals surface area contributed by atoms with Crippen molar-refractivity contribution in [3.8, 4) is 0 Å². The van der Waals surface area contributed by atoms with E-state index in [9.17, 15) is 0 Å². The number of rotatable bonds is 3. The van der Waals surface area contributed by atoms with Crippen molar-refractivity contribution in [1.29, 1.82) is 0 Å². The quantitative estimate of drug-likeness (QED) is 0.803. The number of hydrogen-bond donors (Lipinski definition) is 0. The van der Waals surface area contributed by atoms with Gasteiger partial charge >= 0.3 is 0 Å². The first-order chi connectivity index (χ1) is 9.67. The third-order valence-corrected chi connectivity index (χ3v) is 4.50. The van der Waals surface area contributed by atoms with Crippen LogP contribution in [0.15, 0.2) is 6.07 Å². The van der Waals surface area contributed by atoms with Crippen molar-refractivity contribution in [3.05, 3.63) is 17.0 Å². The van der Waals surface area contributed by atoms with Crippen LogP contribution in [0.25, 0.3) is 0 Å². The summed E-state index contributed by atoms with van der Waals surface area (Å²) in [5.41, 5.74) is 0. The molecule has 0 bridgehead atoms. The zero-order valence-electron chi connectivity index (χ0n) is 12.3. The number of halogens is 1. The predicted octanol–water partition coefficient (Wildman–Crippen LogP) is 2.93. The van der Waals surface area contributed by atoms with E-state index in [-0.39, 0.29) is 0 Å². The van der Waals surface area contributed by atoms with Crippen LogP contribution in [0, 0.1) is 0 Å². The zero-order chi connectivity index (χ0) is 14.1. The number of anilines is 1. The Bertz CT molecular complexity index is 475. The summed E-state index contributed by atoms with van der Waals surface area (Å²) in [6, 6.07) is 2.45. The average molecular weight is 295 g/mol. The molecule has 1 saturated carbocycles. The molecule has 2 aliphatic rings. The van der Waals surface area contributed by atoms with Crippen LogP contribution < -0.4 is 4.90 Å². The van der Waals surface area contributed by atoms with Crippen LogP contribution >= 0.6 is 11.6 Å². The molecule has 1 aliphatic carbocycles. The molecule has 0 spiro atoms. The largest absolute Gasteiger partial charge is 0.352 e. The van der Waals surface area contributed by atoms with Gasteiger partial charge in [0.15, 0.2) is 0 Å². The fourth-order valence-corrected chi connectivity index (χ4v) is 3.17. The summed E-state index contributed by atoms with van der Waals surface area (Å²) < 4.78 is 0. The molecule has 0 N–H and O–H groups in total. The lowest BCUT2D eigenvalue weighted by molar-refractivity contribution is 0.327. The van der Waals surface area contributed by atoms with E-state index in [0.717, 1.165) is 37.7 Å². The SMILES string of the molecule is CCC1CN(C)CCCN1c1cc(Cl)nc(C2CC2)n1. The summed E-state index contributed by atoms with van der Waals surface area (Å²) in [6.45, 7) is 5.56. The summed E-state index contributed by atoms with van der Waals surface area (Å²) >= 11 is 6.21. The Kier molecular flexibility index (Phi) is 4.13. The lowest BCUT2D eigenvalue weighted by Gasteiger charge is -2.31. The number of aromatic nitrogens is 2. The van der Waals surface area contributed by atoms with Crippen molar-refractivity contribution < 1.29 is 0 Å². The third-order valence-electron chi connectivity index (χ3n) is 4.31. The first-order valence-electron chi connectivity index (χ1n) is 7.67. The molecule has 20 heavy (non-hydrogen) atoms. The molecule has 5 heteroatoms. The summed E-state index contributed by atoms with van der Waals surface area (Å²) in [6.07, 6.45) is 4.72. The van der Waals surface area contributed by atoms with Crippen molar-refractivity contribution in [2.75, 3.05) is 31.6 Å². The molecule has 1 aromatic heterocycles. The Hall–Kier alpha value is -0.870. The van der Waals surface area contributed by atoms with Gasteiger partial charge in [-0.15, -0.1) is 0 Å². The Morgan fingerprint density at radius 2 is 2.10 bits per heavy atom. The van der Waals surface area contributed by atoms with Gasteiger partial charge in [0.05, 0.1) is 0 Å². The van der Waals surface area contributed by atoms with Crippen molar-refractivity contribution in [3.63, 3.8) is 0 Å². The van der Waals surface area contributed by atoms with Gasteiger partial charge in [0.1, 0.15) is 16.8 Å². The van der Waals surface area contributed by atoms with Crippen molar-refractivity contribution in [2.45, 2.75) is 44.6 Å². The van der Waals surface area contributed by atoms with E-state index in [1.54, 1.807) is 0 Å². The van der Waals surface area contributed by atoms with Crippen LogP contribution in [0.4, 0.5) is 5.82 Å². The molecular formula is C15H23ClN4. The second kappa shape index (κ2) is 5.86. The van der Waals surface area contributed by atoms with Crippen molar-refractivity contribution in [2.24, 2.45) is 0 Å². The van der Waals surface area contributed by atoms with Crippen LogP contribution in [0.2, 0.25) is 5.15 Å². The van der Waals surface area contributed by atoms with Crippen LogP contribution in [0.5, 0.6) is 0 Å². The maximum absolute atomic E-state index is 6.21. The monoisotopic (exact) mass is 294 g/mol. The molecule has 1 aliphatic heterocycles. The van der Waals surface area contributed by atoms with E-state index in [2.05, 4.69) is 28.8 Å². The van der Waals surface area contributed by atoms with E-state index in [0.29, 0.717) is 17.1 Å². The smallest absolute Gasteiger partial charge is 0.135 e. The fourth-order valence-electron chi connectivity index (χ4n) is 2.99. The van der Waals surface area contributed by atoms with E-state index < -0.39 is 0 Å². The maximum atomic E-state index is 6.21. The van der Waals surface area contributed by atoms with E-state index in [1.165, 1.54) is 19.3 Å². The molecule has 2 heterocycles. The highest BCUT2D eigenvalue weighted by atomic mass is 35.5. The normalized spacial score (nSPS) is 24.8. The van der Waals surface area contributed by atoms with Gasteiger partial charge in [0.2, 0.25) is 0 Å². The molecule has 4 nitrogen and oxygen atoms in total. The Morgan fingerprint density at radius 1 is 1.30 bits per heavy atom. The molecule has 1 aromatic rings. The van der Waals surface area contributed by atoms with E-state index in [4.69, 9.17) is 16.6 Å². The van der Waals surface area contributed by atoms with Crippen LogP contribution in [0.3, 0.4) is 0 Å². The zero-order valence-corrected chi connectivity index (χ0v) is 13.1. The number of nitrogens with zero attached hydrogens (tertiary/aromatic N) is 4. The summed E-state index contributed by atoms with van der Waals surface area (Å²) in [7, 11) is 2.20. The number of hydrogen-bond acceptors (Lipinski definition) is 4. The van der Waals surface area contributed by atoms with Crippen LogP contribution in [0.1, 0.15) is 44.3 Å². The minimum Gasteiger partial charge on any atom is -0.352 e.